The minimum absolute atomic E-state index is 0.192. The molecule has 74 valence electrons. The molecule has 4 nitrogen and oxygen atoms in total. The summed E-state index contributed by atoms with van der Waals surface area (Å²) in [6.45, 7) is 2.74. The van der Waals surface area contributed by atoms with Crippen molar-refractivity contribution in [2.24, 2.45) is 5.92 Å². The number of likely N-dealkylation sites (tertiary alicyclic amines) is 2. The van der Waals surface area contributed by atoms with Crippen molar-refractivity contribution >= 4 is 6.09 Å². The molecule has 0 N–H and O–H groups in total. The lowest BCUT2D eigenvalue weighted by Crippen LogP contribution is -2.38. The first-order valence-electron chi connectivity index (χ1n) is 4.62. The van der Waals surface area contributed by atoms with E-state index < -0.39 is 0 Å². The van der Waals surface area contributed by atoms with Crippen molar-refractivity contribution < 1.29 is 9.53 Å². The Hall–Kier alpha value is -0.770. The summed E-state index contributed by atoms with van der Waals surface area (Å²) < 4.78 is 4.73. The van der Waals surface area contributed by atoms with Gasteiger partial charge in [-0.25, -0.2) is 4.79 Å². The van der Waals surface area contributed by atoms with Gasteiger partial charge >= 0.3 is 6.09 Å². The molecule has 13 heavy (non-hydrogen) atoms. The van der Waals surface area contributed by atoms with E-state index in [2.05, 4.69) is 7.05 Å². The smallest absolute Gasteiger partial charge is 0.409 e. The molecule has 0 bridgehead atoms. The molecule has 0 radical (unpaired) electrons. The molecule has 0 aliphatic carbocycles. The zero-order valence-corrected chi connectivity index (χ0v) is 7.90. The maximum atomic E-state index is 11.3. The molecule has 2 atom stereocenters. The topological polar surface area (TPSA) is 32.8 Å². The molecule has 4 heteroatoms. The van der Waals surface area contributed by atoms with Gasteiger partial charge < -0.3 is 14.5 Å². The summed E-state index contributed by atoms with van der Waals surface area (Å²) >= 11 is 0. The van der Waals surface area contributed by atoms with Gasteiger partial charge in [0, 0.05) is 12.6 Å². The molecule has 1 amide bonds. The van der Waals surface area contributed by atoms with E-state index in [4.69, 9.17) is 4.74 Å². The standard InChI is InChI=1S/C9H15N2O2/c1-10-5-7-3-4-11(8(7)6-10)9(12)13-2/h7-8H,1,3-6H2,2H3/q-1. The number of fused-ring (bicyclic) bond motifs is 1. The summed E-state index contributed by atoms with van der Waals surface area (Å²) in [5.41, 5.74) is 0. The monoisotopic (exact) mass is 183 g/mol. The van der Waals surface area contributed by atoms with Crippen molar-refractivity contribution in [2.45, 2.75) is 12.5 Å². The lowest BCUT2D eigenvalue weighted by Gasteiger charge is -2.24. The Morgan fingerprint density at radius 1 is 1.54 bits per heavy atom. The van der Waals surface area contributed by atoms with Crippen LogP contribution in [-0.2, 0) is 4.74 Å². The van der Waals surface area contributed by atoms with E-state index in [-0.39, 0.29) is 6.09 Å². The Labute approximate surface area is 78.4 Å². The molecule has 0 spiro atoms. The minimum Gasteiger partial charge on any atom is -0.457 e. The lowest BCUT2D eigenvalue weighted by atomic mass is 10.1. The van der Waals surface area contributed by atoms with Crippen LogP contribution in [0.15, 0.2) is 0 Å². The highest BCUT2D eigenvalue weighted by atomic mass is 16.5. The van der Waals surface area contributed by atoms with E-state index in [9.17, 15) is 4.79 Å². The van der Waals surface area contributed by atoms with Gasteiger partial charge in [0.2, 0.25) is 0 Å². The van der Waals surface area contributed by atoms with E-state index in [0.29, 0.717) is 12.0 Å². The molecule has 2 aliphatic rings. The van der Waals surface area contributed by atoms with Crippen molar-refractivity contribution in [2.75, 3.05) is 26.7 Å². The number of carbonyl (C=O) groups is 1. The number of nitrogens with zero attached hydrogens (tertiary/aromatic N) is 2. The number of methoxy groups -OCH3 is 1. The summed E-state index contributed by atoms with van der Waals surface area (Å²) in [5, 5.41) is 0. The van der Waals surface area contributed by atoms with Crippen LogP contribution >= 0.6 is 0 Å². The zero-order valence-electron chi connectivity index (χ0n) is 7.90. The molecule has 2 rings (SSSR count). The van der Waals surface area contributed by atoms with Gasteiger partial charge in [0.15, 0.2) is 0 Å². The van der Waals surface area contributed by atoms with Crippen LogP contribution in [0.5, 0.6) is 0 Å². The van der Waals surface area contributed by atoms with E-state index in [0.717, 1.165) is 26.1 Å². The normalized spacial score (nSPS) is 33.5. The predicted octanol–water partition coefficient (Wildman–Crippen LogP) is 0.550. The Morgan fingerprint density at radius 3 is 3.00 bits per heavy atom. The van der Waals surface area contributed by atoms with Crippen molar-refractivity contribution in [3.8, 4) is 0 Å². The average molecular weight is 183 g/mol. The number of ether oxygens (including phenoxy) is 1. The highest BCUT2D eigenvalue weighted by Crippen LogP contribution is 2.31. The maximum Gasteiger partial charge on any atom is 0.409 e. The highest BCUT2D eigenvalue weighted by Gasteiger charge is 2.40. The molecule has 2 aliphatic heterocycles. The largest absolute Gasteiger partial charge is 0.457 e. The zero-order chi connectivity index (χ0) is 9.42. The Kier molecular flexibility index (Phi) is 2.15. The number of carbonyl (C=O) groups excluding carboxylic acids is 1. The molecule has 2 heterocycles. The van der Waals surface area contributed by atoms with Crippen LogP contribution in [0.2, 0.25) is 0 Å². The van der Waals surface area contributed by atoms with Gasteiger partial charge in [-0.05, 0) is 25.4 Å². The molecule has 0 aromatic carbocycles. The van der Waals surface area contributed by atoms with E-state index >= 15 is 0 Å². The van der Waals surface area contributed by atoms with Crippen molar-refractivity contribution in [1.82, 2.24) is 9.80 Å². The van der Waals surface area contributed by atoms with E-state index in [1.54, 1.807) is 0 Å². The molecule has 0 saturated carbocycles. The second-order valence-electron chi connectivity index (χ2n) is 3.82. The van der Waals surface area contributed by atoms with Gasteiger partial charge in [0.05, 0.1) is 7.11 Å². The number of amides is 1. The number of hydrogen-bond donors (Lipinski definition) is 0. The summed E-state index contributed by atoms with van der Waals surface area (Å²) in [4.78, 5) is 15.2. The SMILES string of the molecule is [CH2-]N1CC2CCN(C(=O)OC)C2C1. The Balaban J connectivity index is 2.04. The predicted molar refractivity (Wildman–Crippen MR) is 47.9 cm³/mol. The average Bonchev–Trinajstić information content (AvgIpc) is 2.61. The van der Waals surface area contributed by atoms with Crippen molar-refractivity contribution in [1.29, 1.82) is 0 Å². The fourth-order valence-corrected chi connectivity index (χ4v) is 2.39. The number of rotatable bonds is 0. The van der Waals surface area contributed by atoms with Gasteiger partial charge in [-0.3, -0.25) is 7.05 Å². The summed E-state index contributed by atoms with van der Waals surface area (Å²) in [5.74, 6) is 0.608. The van der Waals surface area contributed by atoms with Crippen LogP contribution in [0.3, 0.4) is 0 Å². The Bertz CT molecular complexity index is 220. The third kappa shape index (κ3) is 1.39. The van der Waals surface area contributed by atoms with Crippen molar-refractivity contribution in [3.63, 3.8) is 0 Å². The molecule has 2 unspecified atom stereocenters. The molecular weight excluding hydrogens is 168 g/mol. The van der Waals surface area contributed by atoms with Crippen LogP contribution < -0.4 is 0 Å². The van der Waals surface area contributed by atoms with Gasteiger partial charge in [0.1, 0.15) is 0 Å². The Morgan fingerprint density at radius 2 is 2.31 bits per heavy atom. The molecule has 0 aromatic rings. The summed E-state index contributed by atoms with van der Waals surface area (Å²) in [6, 6.07) is 0.338. The van der Waals surface area contributed by atoms with Gasteiger partial charge in [-0.1, -0.05) is 0 Å². The first-order valence-corrected chi connectivity index (χ1v) is 4.62. The van der Waals surface area contributed by atoms with E-state index in [1.165, 1.54) is 7.11 Å². The lowest BCUT2D eigenvalue weighted by molar-refractivity contribution is 0.117. The molecule has 2 saturated heterocycles. The highest BCUT2D eigenvalue weighted by molar-refractivity contribution is 5.68. The molecule has 2 fully saturated rings. The van der Waals surface area contributed by atoms with Gasteiger partial charge in [0.25, 0.3) is 0 Å². The van der Waals surface area contributed by atoms with Crippen LogP contribution in [0.1, 0.15) is 6.42 Å². The third-order valence-corrected chi connectivity index (χ3v) is 3.03. The fraction of sp³-hybridized carbons (Fsp3) is 0.778. The van der Waals surface area contributed by atoms with E-state index in [1.807, 2.05) is 9.80 Å². The van der Waals surface area contributed by atoms with Gasteiger partial charge in [-0.2, -0.15) is 0 Å². The minimum atomic E-state index is -0.192. The van der Waals surface area contributed by atoms with Crippen LogP contribution in [0.4, 0.5) is 4.79 Å². The third-order valence-electron chi connectivity index (χ3n) is 3.03. The molecular formula is C9H15N2O2-. The number of hydrogen-bond acceptors (Lipinski definition) is 3. The molecule has 0 aromatic heterocycles. The van der Waals surface area contributed by atoms with Gasteiger partial charge in [-0.15, -0.1) is 0 Å². The first kappa shape index (κ1) is 8.81. The van der Waals surface area contributed by atoms with Crippen molar-refractivity contribution in [3.05, 3.63) is 7.05 Å². The quantitative estimate of drug-likeness (QED) is 0.514. The second kappa shape index (κ2) is 3.18. The summed E-state index contributed by atoms with van der Waals surface area (Å²) in [6.07, 6.45) is 0.897. The van der Waals surface area contributed by atoms with Crippen LogP contribution in [-0.4, -0.2) is 48.7 Å². The second-order valence-corrected chi connectivity index (χ2v) is 3.82. The maximum absolute atomic E-state index is 11.3. The van der Waals surface area contributed by atoms with Crippen LogP contribution in [0.25, 0.3) is 0 Å². The fourth-order valence-electron chi connectivity index (χ4n) is 2.39. The summed E-state index contributed by atoms with van der Waals surface area (Å²) in [7, 11) is 5.33. The first-order chi connectivity index (χ1) is 6.22. The van der Waals surface area contributed by atoms with Crippen LogP contribution in [0, 0.1) is 13.0 Å².